The highest BCUT2D eigenvalue weighted by Crippen LogP contribution is 2.28. The number of thioether (sulfide) groups is 1. The van der Waals surface area contributed by atoms with Gasteiger partial charge in [-0.25, -0.2) is 0 Å². The zero-order valence-corrected chi connectivity index (χ0v) is 11.2. The van der Waals surface area contributed by atoms with Gasteiger partial charge in [0, 0.05) is 11.3 Å². The Hall–Kier alpha value is -1.53. The average Bonchev–Trinajstić information content (AvgIpc) is 2.80. The van der Waals surface area contributed by atoms with Crippen molar-refractivity contribution in [3.8, 4) is 0 Å². The fraction of sp³-hybridized carbons (Fsp3) is 0.385. The summed E-state index contributed by atoms with van der Waals surface area (Å²) in [6, 6.07) is 8.31. The maximum absolute atomic E-state index is 11.9. The summed E-state index contributed by atoms with van der Waals surface area (Å²) in [5.41, 5.74) is 0.529. The van der Waals surface area contributed by atoms with Gasteiger partial charge in [0.25, 0.3) is 5.91 Å². The lowest BCUT2D eigenvalue weighted by Gasteiger charge is -2.18. The number of rotatable bonds is 3. The van der Waals surface area contributed by atoms with Crippen LogP contribution >= 0.6 is 11.8 Å². The van der Waals surface area contributed by atoms with Crippen LogP contribution in [0.5, 0.6) is 0 Å². The highest BCUT2D eigenvalue weighted by atomic mass is 32.2. The molecule has 5 nitrogen and oxygen atoms in total. The normalized spacial score (nSPS) is 25.9. The second-order valence-electron chi connectivity index (χ2n) is 4.21. The summed E-state index contributed by atoms with van der Waals surface area (Å²) in [4.78, 5) is 23.4. The molecular formula is C13H15NO4S. The number of methoxy groups -OCH3 is 1. The van der Waals surface area contributed by atoms with Crippen LogP contribution in [0.25, 0.3) is 0 Å². The van der Waals surface area contributed by atoms with Crippen LogP contribution in [0.15, 0.2) is 30.3 Å². The molecule has 1 fully saturated rings. The Balaban J connectivity index is 1.98. The largest absolute Gasteiger partial charge is 0.468 e. The molecule has 19 heavy (non-hydrogen) atoms. The van der Waals surface area contributed by atoms with E-state index >= 15 is 0 Å². The van der Waals surface area contributed by atoms with E-state index in [1.807, 2.05) is 6.07 Å². The Labute approximate surface area is 115 Å². The summed E-state index contributed by atoms with van der Waals surface area (Å²) in [6.07, 6.45) is -0.926. The summed E-state index contributed by atoms with van der Waals surface area (Å²) < 4.78 is 4.61. The van der Waals surface area contributed by atoms with Crippen molar-refractivity contribution in [2.24, 2.45) is 0 Å². The molecule has 1 aromatic rings. The standard InChI is InChI=1S/C13H15NO4S/c1-18-13(17)11-10(15)9(7-19-11)14-12(16)8-5-3-2-4-6-8/h2-6,9-11,15H,7H2,1H3,(H,14,16)/t9-,10?,11?/m0/s1. The minimum Gasteiger partial charge on any atom is -0.468 e. The van der Waals surface area contributed by atoms with Gasteiger partial charge in [0.1, 0.15) is 5.25 Å². The summed E-state index contributed by atoms with van der Waals surface area (Å²) in [5.74, 6) is -0.232. The van der Waals surface area contributed by atoms with E-state index in [4.69, 9.17) is 0 Å². The number of hydrogen-bond donors (Lipinski definition) is 2. The Morgan fingerprint density at radius 2 is 2.05 bits per heavy atom. The van der Waals surface area contributed by atoms with Gasteiger partial charge < -0.3 is 15.2 Å². The third-order valence-electron chi connectivity index (χ3n) is 2.96. The molecule has 1 amide bonds. The maximum Gasteiger partial charge on any atom is 0.321 e. The molecule has 2 rings (SSSR count). The van der Waals surface area contributed by atoms with Gasteiger partial charge in [0.05, 0.1) is 19.3 Å². The zero-order chi connectivity index (χ0) is 13.8. The molecule has 1 aliphatic rings. The fourth-order valence-electron chi connectivity index (χ4n) is 1.91. The van der Waals surface area contributed by atoms with Crippen LogP contribution < -0.4 is 5.32 Å². The third kappa shape index (κ3) is 3.08. The number of carbonyl (C=O) groups excluding carboxylic acids is 2. The molecule has 0 aromatic heterocycles. The number of amides is 1. The molecule has 0 aliphatic carbocycles. The molecular weight excluding hydrogens is 266 g/mol. The van der Waals surface area contributed by atoms with Crippen LogP contribution in [-0.4, -0.2) is 47.2 Å². The molecule has 1 heterocycles. The second kappa shape index (κ2) is 6.08. The Morgan fingerprint density at radius 1 is 1.37 bits per heavy atom. The second-order valence-corrected chi connectivity index (χ2v) is 5.39. The van der Waals surface area contributed by atoms with E-state index in [1.165, 1.54) is 18.9 Å². The van der Waals surface area contributed by atoms with E-state index < -0.39 is 23.4 Å². The van der Waals surface area contributed by atoms with Crippen molar-refractivity contribution in [1.29, 1.82) is 0 Å². The molecule has 102 valence electrons. The number of esters is 1. The highest BCUT2D eigenvalue weighted by molar-refractivity contribution is 8.01. The molecule has 2 unspecified atom stereocenters. The molecule has 3 atom stereocenters. The minimum atomic E-state index is -0.926. The first kappa shape index (κ1) is 13.9. The highest BCUT2D eigenvalue weighted by Gasteiger charge is 2.41. The van der Waals surface area contributed by atoms with Crippen LogP contribution in [0.4, 0.5) is 0 Å². The van der Waals surface area contributed by atoms with Gasteiger partial charge in [-0.2, -0.15) is 0 Å². The zero-order valence-electron chi connectivity index (χ0n) is 10.4. The van der Waals surface area contributed by atoms with Crippen LogP contribution in [0, 0.1) is 0 Å². The quantitative estimate of drug-likeness (QED) is 0.786. The van der Waals surface area contributed by atoms with E-state index in [-0.39, 0.29) is 5.91 Å². The SMILES string of the molecule is COC(=O)C1SC[C@H](NC(=O)c2ccccc2)C1O. The molecule has 1 aliphatic heterocycles. The lowest BCUT2D eigenvalue weighted by molar-refractivity contribution is -0.142. The molecule has 0 bridgehead atoms. The van der Waals surface area contributed by atoms with E-state index in [0.717, 1.165) is 0 Å². The molecule has 0 spiro atoms. The molecule has 0 saturated carbocycles. The van der Waals surface area contributed by atoms with Gasteiger partial charge in [-0.05, 0) is 12.1 Å². The van der Waals surface area contributed by atoms with Crippen LogP contribution in [0.1, 0.15) is 10.4 Å². The predicted molar refractivity (Wildman–Crippen MR) is 72.0 cm³/mol. The molecule has 2 N–H and O–H groups in total. The predicted octanol–water partition coefficient (Wildman–Crippen LogP) is 0.434. The van der Waals surface area contributed by atoms with E-state index in [9.17, 15) is 14.7 Å². The van der Waals surface area contributed by atoms with Crippen LogP contribution in [0.3, 0.4) is 0 Å². The van der Waals surface area contributed by atoms with Gasteiger partial charge in [-0.3, -0.25) is 9.59 Å². The van der Waals surface area contributed by atoms with Crippen LogP contribution in [-0.2, 0) is 9.53 Å². The van der Waals surface area contributed by atoms with Gasteiger partial charge in [-0.15, -0.1) is 11.8 Å². The average molecular weight is 281 g/mol. The molecule has 1 saturated heterocycles. The topological polar surface area (TPSA) is 75.6 Å². The first-order valence-corrected chi connectivity index (χ1v) is 6.91. The first-order chi connectivity index (χ1) is 9.13. The van der Waals surface area contributed by atoms with Crippen molar-refractivity contribution in [1.82, 2.24) is 5.32 Å². The minimum absolute atomic E-state index is 0.254. The van der Waals surface area contributed by atoms with E-state index in [1.54, 1.807) is 24.3 Å². The van der Waals surface area contributed by atoms with Gasteiger partial charge in [0.2, 0.25) is 0 Å². The smallest absolute Gasteiger partial charge is 0.321 e. The number of benzene rings is 1. The lowest BCUT2D eigenvalue weighted by atomic mass is 10.1. The summed E-state index contributed by atoms with van der Waals surface area (Å²) in [5, 5.41) is 12.1. The van der Waals surface area contributed by atoms with E-state index in [0.29, 0.717) is 11.3 Å². The van der Waals surface area contributed by atoms with Crippen molar-refractivity contribution in [3.05, 3.63) is 35.9 Å². The Morgan fingerprint density at radius 3 is 2.68 bits per heavy atom. The third-order valence-corrected chi connectivity index (χ3v) is 4.35. The van der Waals surface area contributed by atoms with Crippen molar-refractivity contribution in [2.45, 2.75) is 17.4 Å². The number of aliphatic hydroxyl groups excluding tert-OH is 1. The Bertz CT molecular complexity index is 465. The molecule has 1 aromatic carbocycles. The number of hydrogen-bond acceptors (Lipinski definition) is 5. The number of carbonyl (C=O) groups is 2. The first-order valence-electron chi connectivity index (χ1n) is 5.87. The van der Waals surface area contributed by atoms with Crippen molar-refractivity contribution < 1.29 is 19.4 Å². The summed E-state index contributed by atoms with van der Waals surface area (Å²) >= 11 is 1.29. The monoisotopic (exact) mass is 281 g/mol. The molecule has 0 radical (unpaired) electrons. The molecule has 6 heteroatoms. The fourth-order valence-corrected chi connectivity index (χ4v) is 3.22. The summed E-state index contributed by atoms with van der Waals surface area (Å²) in [7, 11) is 1.28. The van der Waals surface area contributed by atoms with Crippen molar-refractivity contribution >= 4 is 23.6 Å². The lowest BCUT2D eigenvalue weighted by Crippen LogP contribution is -2.46. The van der Waals surface area contributed by atoms with Gasteiger partial charge in [0.15, 0.2) is 0 Å². The van der Waals surface area contributed by atoms with Gasteiger partial charge in [-0.1, -0.05) is 18.2 Å². The van der Waals surface area contributed by atoms with Crippen molar-refractivity contribution in [3.63, 3.8) is 0 Å². The maximum atomic E-state index is 11.9. The Kier molecular flexibility index (Phi) is 4.44. The van der Waals surface area contributed by atoms with Crippen LogP contribution in [0.2, 0.25) is 0 Å². The number of aliphatic hydroxyl groups is 1. The van der Waals surface area contributed by atoms with Crippen molar-refractivity contribution in [2.75, 3.05) is 12.9 Å². The number of ether oxygens (including phenoxy) is 1. The summed E-state index contributed by atoms with van der Waals surface area (Å²) in [6.45, 7) is 0. The number of nitrogens with one attached hydrogen (secondary N) is 1. The van der Waals surface area contributed by atoms with Gasteiger partial charge >= 0.3 is 5.97 Å². The van der Waals surface area contributed by atoms with E-state index in [2.05, 4.69) is 10.1 Å².